The lowest BCUT2D eigenvalue weighted by molar-refractivity contribution is 0.332. The van der Waals surface area contributed by atoms with Crippen LogP contribution >= 0.6 is 12.4 Å². The van der Waals surface area contributed by atoms with Crippen molar-refractivity contribution in [2.75, 3.05) is 19.6 Å². The molecule has 8 heteroatoms. The Kier molecular flexibility index (Phi) is 5.79. The molecule has 1 fully saturated rings. The predicted molar refractivity (Wildman–Crippen MR) is 75.9 cm³/mol. The Morgan fingerprint density at radius 2 is 2.32 bits per heavy atom. The Labute approximate surface area is 120 Å². The zero-order valence-corrected chi connectivity index (χ0v) is 12.9. The van der Waals surface area contributed by atoms with Gasteiger partial charge >= 0.3 is 0 Å². The summed E-state index contributed by atoms with van der Waals surface area (Å²) in [6.07, 6.45) is 3.20. The van der Waals surface area contributed by atoms with E-state index in [-0.39, 0.29) is 23.5 Å². The minimum absolute atomic E-state index is 0. The van der Waals surface area contributed by atoms with E-state index < -0.39 is 10.0 Å². The smallest absolute Gasteiger partial charge is 0.260 e. The summed E-state index contributed by atoms with van der Waals surface area (Å²) in [4.78, 5) is 0. The van der Waals surface area contributed by atoms with Crippen molar-refractivity contribution in [1.82, 2.24) is 19.4 Å². The third-order valence-corrected chi connectivity index (χ3v) is 5.26. The molecule has 110 valence electrons. The van der Waals surface area contributed by atoms with Crippen molar-refractivity contribution in [3.8, 4) is 0 Å². The van der Waals surface area contributed by atoms with Crippen molar-refractivity contribution < 1.29 is 8.42 Å². The average Bonchev–Trinajstić information content (AvgIpc) is 2.96. The van der Waals surface area contributed by atoms with Gasteiger partial charge in [0.15, 0.2) is 5.03 Å². The van der Waals surface area contributed by atoms with Gasteiger partial charge in [0.2, 0.25) is 0 Å². The van der Waals surface area contributed by atoms with Gasteiger partial charge < -0.3 is 5.32 Å². The van der Waals surface area contributed by atoms with Crippen molar-refractivity contribution >= 4 is 22.4 Å². The van der Waals surface area contributed by atoms with Gasteiger partial charge in [-0.2, -0.15) is 9.40 Å². The summed E-state index contributed by atoms with van der Waals surface area (Å²) in [5, 5.41) is 7.43. The molecule has 0 aliphatic carbocycles. The standard InChI is InChI=1S/C11H20N4O2S.ClH/c1-3-8-15(10-4-6-12-9-10)18(16,17)11-5-7-13-14(11)2;/h5,7,10,12H,3-4,6,8-9H2,1-2H3;1H. The van der Waals surface area contributed by atoms with E-state index in [0.29, 0.717) is 6.54 Å². The highest BCUT2D eigenvalue weighted by atomic mass is 35.5. The van der Waals surface area contributed by atoms with Crippen LogP contribution in [0.1, 0.15) is 19.8 Å². The molecule has 0 bridgehead atoms. The number of hydrogen-bond donors (Lipinski definition) is 1. The Morgan fingerprint density at radius 3 is 2.79 bits per heavy atom. The van der Waals surface area contributed by atoms with Crippen LogP contribution < -0.4 is 5.32 Å². The first-order valence-corrected chi connectivity index (χ1v) is 7.72. The maximum absolute atomic E-state index is 12.6. The van der Waals surface area contributed by atoms with Crippen LogP contribution in [0.2, 0.25) is 0 Å². The summed E-state index contributed by atoms with van der Waals surface area (Å²) >= 11 is 0. The highest BCUT2D eigenvalue weighted by Crippen LogP contribution is 2.20. The van der Waals surface area contributed by atoms with Crippen LogP contribution in [-0.2, 0) is 17.1 Å². The molecule has 0 aromatic carbocycles. The molecule has 0 saturated carbocycles. The molecule has 0 radical (unpaired) electrons. The second-order valence-corrected chi connectivity index (χ2v) is 6.39. The monoisotopic (exact) mass is 308 g/mol. The SMILES string of the molecule is CCCN(C1CCNC1)S(=O)(=O)c1ccnn1C.Cl. The van der Waals surface area contributed by atoms with Crippen LogP contribution in [0.25, 0.3) is 0 Å². The van der Waals surface area contributed by atoms with Gasteiger partial charge in [0.1, 0.15) is 0 Å². The molecule has 1 unspecified atom stereocenters. The van der Waals surface area contributed by atoms with Gasteiger partial charge in [0.05, 0.1) is 6.20 Å². The van der Waals surface area contributed by atoms with E-state index in [4.69, 9.17) is 0 Å². The van der Waals surface area contributed by atoms with Gasteiger partial charge in [-0.15, -0.1) is 12.4 Å². The summed E-state index contributed by atoms with van der Waals surface area (Å²) in [5.74, 6) is 0. The summed E-state index contributed by atoms with van der Waals surface area (Å²) < 4.78 is 28.3. The number of aromatic nitrogens is 2. The average molecular weight is 309 g/mol. The largest absolute Gasteiger partial charge is 0.315 e. The number of nitrogens with one attached hydrogen (secondary N) is 1. The number of hydrogen-bond acceptors (Lipinski definition) is 4. The van der Waals surface area contributed by atoms with Crippen LogP contribution in [0.5, 0.6) is 0 Å². The molecule has 6 nitrogen and oxygen atoms in total. The maximum atomic E-state index is 12.6. The summed E-state index contributed by atoms with van der Waals surface area (Å²) in [6, 6.07) is 1.62. The highest BCUT2D eigenvalue weighted by molar-refractivity contribution is 7.89. The van der Waals surface area contributed by atoms with Crippen molar-refractivity contribution in [3.05, 3.63) is 12.3 Å². The lowest BCUT2D eigenvalue weighted by atomic mass is 10.2. The van der Waals surface area contributed by atoms with Crippen LogP contribution in [0.15, 0.2) is 17.3 Å². The number of halogens is 1. The normalized spacial score (nSPS) is 19.6. The maximum Gasteiger partial charge on any atom is 0.260 e. The van der Waals surface area contributed by atoms with Crippen molar-refractivity contribution in [1.29, 1.82) is 0 Å². The van der Waals surface area contributed by atoms with E-state index in [1.54, 1.807) is 17.4 Å². The number of rotatable bonds is 5. The van der Waals surface area contributed by atoms with E-state index in [9.17, 15) is 8.42 Å². The van der Waals surface area contributed by atoms with Crippen LogP contribution in [0, 0.1) is 0 Å². The molecule has 1 saturated heterocycles. The van der Waals surface area contributed by atoms with E-state index in [0.717, 1.165) is 25.9 Å². The topological polar surface area (TPSA) is 67.2 Å². The molecular formula is C11H21ClN4O2S. The molecule has 1 aromatic heterocycles. The molecule has 2 heterocycles. The molecule has 1 aliphatic heterocycles. The van der Waals surface area contributed by atoms with Crippen molar-refractivity contribution in [2.24, 2.45) is 7.05 Å². The van der Waals surface area contributed by atoms with E-state index in [1.807, 2.05) is 6.92 Å². The second kappa shape index (κ2) is 6.69. The fraction of sp³-hybridized carbons (Fsp3) is 0.727. The first-order chi connectivity index (χ1) is 8.57. The van der Waals surface area contributed by atoms with Crippen LogP contribution in [0.4, 0.5) is 0 Å². The third kappa shape index (κ3) is 3.28. The summed E-state index contributed by atoms with van der Waals surface area (Å²) in [6.45, 7) is 4.16. The minimum atomic E-state index is -3.44. The highest BCUT2D eigenvalue weighted by Gasteiger charge is 2.34. The molecule has 1 aliphatic rings. The van der Waals surface area contributed by atoms with Gasteiger partial charge in [-0.05, 0) is 25.5 Å². The number of aryl methyl sites for hydroxylation is 1. The molecule has 19 heavy (non-hydrogen) atoms. The Hall–Kier alpha value is -0.630. The third-order valence-electron chi connectivity index (χ3n) is 3.23. The van der Waals surface area contributed by atoms with Gasteiger partial charge in [-0.3, -0.25) is 4.68 Å². The Balaban J connectivity index is 0.00000180. The molecule has 0 spiro atoms. The molecule has 1 aromatic rings. The molecule has 1 N–H and O–H groups in total. The first-order valence-electron chi connectivity index (χ1n) is 6.28. The minimum Gasteiger partial charge on any atom is -0.315 e. The van der Waals surface area contributed by atoms with E-state index >= 15 is 0 Å². The molecular weight excluding hydrogens is 288 g/mol. The quantitative estimate of drug-likeness (QED) is 0.865. The van der Waals surface area contributed by atoms with Crippen LogP contribution in [0.3, 0.4) is 0 Å². The zero-order valence-electron chi connectivity index (χ0n) is 11.2. The van der Waals surface area contributed by atoms with Crippen molar-refractivity contribution in [3.63, 3.8) is 0 Å². The Morgan fingerprint density at radius 1 is 1.58 bits per heavy atom. The Bertz CT molecular complexity index is 497. The van der Waals surface area contributed by atoms with Crippen LogP contribution in [-0.4, -0.2) is 48.2 Å². The van der Waals surface area contributed by atoms with E-state index in [1.165, 1.54) is 10.9 Å². The van der Waals surface area contributed by atoms with Gasteiger partial charge in [-0.25, -0.2) is 8.42 Å². The fourth-order valence-electron chi connectivity index (χ4n) is 2.34. The lowest BCUT2D eigenvalue weighted by Crippen LogP contribution is -2.42. The predicted octanol–water partition coefficient (Wildman–Crippen LogP) is 0.604. The first kappa shape index (κ1) is 16.4. The fourth-order valence-corrected chi connectivity index (χ4v) is 4.19. The van der Waals surface area contributed by atoms with E-state index in [2.05, 4.69) is 10.4 Å². The number of sulfonamides is 1. The van der Waals surface area contributed by atoms with Gasteiger partial charge in [0, 0.05) is 26.2 Å². The summed E-state index contributed by atoms with van der Waals surface area (Å²) in [5.41, 5.74) is 0. The lowest BCUT2D eigenvalue weighted by Gasteiger charge is -2.27. The van der Waals surface area contributed by atoms with Gasteiger partial charge in [-0.1, -0.05) is 6.92 Å². The molecule has 0 amide bonds. The summed E-state index contributed by atoms with van der Waals surface area (Å²) in [7, 11) is -1.78. The van der Waals surface area contributed by atoms with Gasteiger partial charge in [0.25, 0.3) is 10.0 Å². The molecule has 1 atom stereocenters. The zero-order chi connectivity index (χ0) is 13.2. The van der Waals surface area contributed by atoms with Crippen molar-refractivity contribution in [2.45, 2.75) is 30.8 Å². The molecule has 2 rings (SSSR count). The second-order valence-electron chi connectivity index (χ2n) is 4.56. The number of nitrogens with zero attached hydrogens (tertiary/aromatic N) is 3.